The largest absolute Gasteiger partial charge is 0.374 e. The maximum Gasteiger partial charge on any atom is 0.254 e. The van der Waals surface area contributed by atoms with Gasteiger partial charge < -0.3 is 14.7 Å². The van der Waals surface area contributed by atoms with E-state index >= 15 is 0 Å². The Bertz CT molecular complexity index is 1200. The van der Waals surface area contributed by atoms with Gasteiger partial charge in [0.2, 0.25) is 0 Å². The van der Waals surface area contributed by atoms with E-state index in [2.05, 4.69) is 102 Å². The molecule has 1 amide bonds. The summed E-state index contributed by atoms with van der Waals surface area (Å²) in [4.78, 5) is 25.6. The van der Waals surface area contributed by atoms with Gasteiger partial charge >= 0.3 is 0 Å². The third-order valence-corrected chi connectivity index (χ3v) is 8.69. The molecule has 2 aromatic carbocycles. The Balaban J connectivity index is 1.47. The third-order valence-electron chi connectivity index (χ3n) is 8.69. The van der Waals surface area contributed by atoms with Crippen LogP contribution in [0.2, 0.25) is 0 Å². The second kappa shape index (κ2) is 16.5. The molecule has 2 heterocycles. The number of likely N-dealkylation sites (tertiary alicyclic amines) is 1. The molecule has 5 nitrogen and oxygen atoms in total. The van der Waals surface area contributed by atoms with E-state index in [1.165, 1.54) is 42.5 Å². The standard InChI is InChI=1S/C37H52N4O/c1-5-6-7-11-31-15-17-33(18-16-31)37(42)41(35-21-26-40(27-22-35)25-19-30(2)3)29-32-12-10-14-36(28-32)39(4)24-20-34-13-8-9-23-38-34/h8-10,12-18,23,28,30,35H,5-7,11,19-22,24-27,29H2,1-4H3. The molecule has 0 aliphatic carbocycles. The smallest absolute Gasteiger partial charge is 0.254 e. The predicted molar refractivity (Wildman–Crippen MR) is 176 cm³/mol. The molecule has 0 radical (unpaired) electrons. The van der Waals surface area contributed by atoms with Crippen LogP contribution in [0.1, 0.15) is 86.5 Å². The van der Waals surface area contributed by atoms with Crippen molar-refractivity contribution in [3.8, 4) is 0 Å². The molecule has 226 valence electrons. The normalized spacial score (nSPS) is 14.3. The lowest BCUT2D eigenvalue weighted by Crippen LogP contribution is -2.47. The summed E-state index contributed by atoms with van der Waals surface area (Å²) in [6.45, 7) is 11.6. The van der Waals surface area contributed by atoms with Crippen molar-refractivity contribution in [1.29, 1.82) is 0 Å². The molecular formula is C37H52N4O. The van der Waals surface area contributed by atoms with E-state index in [1.54, 1.807) is 0 Å². The lowest BCUT2D eigenvalue weighted by molar-refractivity contribution is 0.0546. The summed E-state index contributed by atoms with van der Waals surface area (Å²) in [5.41, 5.74) is 5.60. The number of carbonyl (C=O) groups is 1. The van der Waals surface area contributed by atoms with Crippen molar-refractivity contribution in [1.82, 2.24) is 14.8 Å². The average Bonchev–Trinajstić information content (AvgIpc) is 3.02. The number of rotatable bonds is 15. The van der Waals surface area contributed by atoms with Crippen molar-refractivity contribution in [3.05, 3.63) is 95.3 Å². The zero-order valence-corrected chi connectivity index (χ0v) is 26.5. The van der Waals surface area contributed by atoms with E-state index < -0.39 is 0 Å². The number of anilines is 1. The molecular weight excluding hydrogens is 516 g/mol. The third kappa shape index (κ3) is 9.69. The van der Waals surface area contributed by atoms with Gasteiger partial charge in [-0.25, -0.2) is 0 Å². The van der Waals surface area contributed by atoms with E-state index in [0.717, 1.165) is 69.0 Å². The molecule has 0 bridgehead atoms. The molecule has 5 heteroatoms. The molecule has 3 aromatic rings. The summed E-state index contributed by atoms with van der Waals surface area (Å²) < 4.78 is 0. The summed E-state index contributed by atoms with van der Waals surface area (Å²) in [5, 5.41) is 0. The molecule has 1 saturated heterocycles. The molecule has 0 N–H and O–H groups in total. The molecule has 0 saturated carbocycles. The summed E-state index contributed by atoms with van der Waals surface area (Å²) in [6.07, 6.45) is 10.8. The lowest BCUT2D eigenvalue weighted by atomic mass is 9.99. The van der Waals surface area contributed by atoms with Gasteiger partial charge in [-0.15, -0.1) is 0 Å². The molecule has 42 heavy (non-hydrogen) atoms. The second-order valence-electron chi connectivity index (χ2n) is 12.5. The first-order valence-electron chi connectivity index (χ1n) is 16.2. The highest BCUT2D eigenvalue weighted by atomic mass is 16.2. The van der Waals surface area contributed by atoms with Crippen LogP contribution in [0.5, 0.6) is 0 Å². The molecule has 1 aliphatic rings. The van der Waals surface area contributed by atoms with Crippen LogP contribution in [0.3, 0.4) is 0 Å². The fraction of sp³-hybridized carbons (Fsp3) is 0.514. The first-order valence-corrected chi connectivity index (χ1v) is 16.2. The van der Waals surface area contributed by atoms with Crippen LogP contribution in [-0.2, 0) is 19.4 Å². The lowest BCUT2D eigenvalue weighted by Gasteiger charge is -2.39. The minimum atomic E-state index is 0.157. The van der Waals surface area contributed by atoms with Crippen molar-refractivity contribution in [2.75, 3.05) is 38.1 Å². The van der Waals surface area contributed by atoms with E-state index in [1.807, 2.05) is 18.3 Å². The zero-order valence-electron chi connectivity index (χ0n) is 26.5. The Morgan fingerprint density at radius 1 is 0.952 bits per heavy atom. The van der Waals surface area contributed by atoms with Crippen molar-refractivity contribution in [3.63, 3.8) is 0 Å². The van der Waals surface area contributed by atoms with Gasteiger partial charge in [-0.2, -0.15) is 0 Å². The van der Waals surface area contributed by atoms with Crippen LogP contribution >= 0.6 is 0 Å². The fourth-order valence-corrected chi connectivity index (χ4v) is 5.87. The molecule has 0 atom stereocenters. The monoisotopic (exact) mass is 568 g/mol. The summed E-state index contributed by atoms with van der Waals surface area (Å²) in [6, 6.07) is 23.5. The number of aromatic nitrogens is 1. The van der Waals surface area contributed by atoms with Crippen LogP contribution in [0.25, 0.3) is 0 Å². The van der Waals surface area contributed by atoms with Crippen molar-refractivity contribution < 1.29 is 4.79 Å². The maximum atomic E-state index is 14.1. The van der Waals surface area contributed by atoms with Gasteiger partial charge in [-0.3, -0.25) is 9.78 Å². The molecule has 1 aromatic heterocycles. The van der Waals surface area contributed by atoms with Gasteiger partial charge in [0.05, 0.1) is 0 Å². The highest BCUT2D eigenvalue weighted by molar-refractivity contribution is 5.94. The number of hydrogen-bond acceptors (Lipinski definition) is 4. The van der Waals surface area contributed by atoms with E-state index in [9.17, 15) is 4.79 Å². The number of aryl methyl sites for hydroxylation is 1. The second-order valence-corrected chi connectivity index (χ2v) is 12.5. The van der Waals surface area contributed by atoms with E-state index in [4.69, 9.17) is 0 Å². The summed E-state index contributed by atoms with van der Waals surface area (Å²) >= 11 is 0. The molecule has 1 fully saturated rings. The Labute approximate surface area is 254 Å². The summed E-state index contributed by atoms with van der Waals surface area (Å²) in [5.74, 6) is 0.879. The van der Waals surface area contributed by atoms with E-state index in [0.29, 0.717) is 6.54 Å². The van der Waals surface area contributed by atoms with Crippen LogP contribution in [0.4, 0.5) is 5.69 Å². The van der Waals surface area contributed by atoms with Gasteiger partial charge in [-0.1, -0.05) is 63.9 Å². The topological polar surface area (TPSA) is 39.7 Å². The fourth-order valence-electron chi connectivity index (χ4n) is 5.87. The Kier molecular flexibility index (Phi) is 12.4. The number of hydrogen-bond donors (Lipinski definition) is 0. The van der Waals surface area contributed by atoms with Gasteiger partial charge in [0.25, 0.3) is 5.91 Å². The number of likely N-dealkylation sites (N-methyl/N-ethyl adjacent to an activating group) is 1. The SMILES string of the molecule is CCCCCc1ccc(C(=O)N(Cc2cccc(N(C)CCc3ccccn3)c2)C2CCN(CCC(C)C)CC2)cc1. The number of amides is 1. The number of piperidine rings is 1. The Morgan fingerprint density at radius 3 is 2.43 bits per heavy atom. The Hall–Kier alpha value is -3.18. The van der Waals surface area contributed by atoms with Gasteiger partial charge in [0.1, 0.15) is 0 Å². The van der Waals surface area contributed by atoms with Crippen LogP contribution in [0, 0.1) is 5.92 Å². The Morgan fingerprint density at radius 2 is 1.74 bits per heavy atom. The first-order chi connectivity index (χ1) is 20.4. The molecule has 0 unspecified atom stereocenters. The zero-order chi connectivity index (χ0) is 29.7. The average molecular weight is 569 g/mol. The summed E-state index contributed by atoms with van der Waals surface area (Å²) in [7, 11) is 2.14. The van der Waals surface area contributed by atoms with Gasteiger partial charge in [-0.05, 0) is 92.1 Å². The van der Waals surface area contributed by atoms with Crippen LogP contribution < -0.4 is 4.90 Å². The highest BCUT2D eigenvalue weighted by Crippen LogP contribution is 2.24. The predicted octanol–water partition coefficient (Wildman–Crippen LogP) is 7.65. The number of benzene rings is 2. The minimum Gasteiger partial charge on any atom is -0.374 e. The number of nitrogens with zero attached hydrogens (tertiary/aromatic N) is 4. The van der Waals surface area contributed by atoms with Crippen molar-refractivity contribution in [2.24, 2.45) is 5.92 Å². The van der Waals surface area contributed by atoms with Crippen molar-refractivity contribution in [2.45, 2.75) is 84.7 Å². The maximum absolute atomic E-state index is 14.1. The number of pyridine rings is 1. The number of carbonyl (C=O) groups excluding carboxylic acids is 1. The minimum absolute atomic E-state index is 0.157. The van der Waals surface area contributed by atoms with Crippen LogP contribution in [0.15, 0.2) is 72.9 Å². The molecule has 4 rings (SSSR count). The quantitative estimate of drug-likeness (QED) is 0.177. The van der Waals surface area contributed by atoms with E-state index in [-0.39, 0.29) is 11.9 Å². The van der Waals surface area contributed by atoms with Gasteiger partial charge in [0, 0.05) is 68.8 Å². The molecule has 0 spiro atoms. The highest BCUT2D eigenvalue weighted by Gasteiger charge is 2.29. The molecule has 1 aliphatic heterocycles. The first kappa shape index (κ1) is 31.7. The number of unbranched alkanes of at least 4 members (excludes halogenated alkanes) is 2. The van der Waals surface area contributed by atoms with Gasteiger partial charge in [0.15, 0.2) is 0 Å². The van der Waals surface area contributed by atoms with Crippen molar-refractivity contribution >= 4 is 11.6 Å². The van der Waals surface area contributed by atoms with Crippen LogP contribution in [-0.4, -0.2) is 60.0 Å².